The lowest BCUT2D eigenvalue weighted by molar-refractivity contribution is -0.137. The number of hydrogen-bond acceptors (Lipinski definition) is 6. The molecule has 3 aliphatic heterocycles. The number of carbonyl (C=O) groups excluding carboxylic acids is 2. The van der Waals surface area contributed by atoms with Crippen LogP contribution in [-0.4, -0.2) is 82.4 Å². The van der Waals surface area contributed by atoms with Crippen LogP contribution in [0.25, 0.3) is 0 Å². The fourth-order valence-electron chi connectivity index (χ4n) is 5.89. The quantitative estimate of drug-likeness (QED) is 0.580. The van der Waals surface area contributed by atoms with Gasteiger partial charge in [0.25, 0.3) is 0 Å². The van der Waals surface area contributed by atoms with E-state index < -0.39 is 10.0 Å². The number of hydrogen-bond donors (Lipinski definition) is 0. The number of fused-ring (bicyclic) bond motifs is 1. The van der Waals surface area contributed by atoms with Gasteiger partial charge in [-0.25, -0.2) is 8.42 Å². The third kappa shape index (κ3) is 5.11. The standard InChI is InChI=1S/C28H36N4O5S/c1-21(33)32-14-6-7-22-19-24(11-12-25(22)32)38(35,36)31-13-5-8-23(20-31)28(34)30-17-15-29(16-18-30)26-9-3-4-10-27(26)37-2/h3-4,9-12,19,23H,5-8,13-18,20H2,1-2H3/t23-/m1/s1. The molecule has 2 amide bonds. The van der Waals surface area contributed by atoms with Gasteiger partial charge in [-0.05, 0) is 61.6 Å². The summed E-state index contributed by atoms with van der Waals surface area (Å²) in [6.07, 6.45) is 2.89. The summed E-state index contributed by atoms with van der Waals surface area (Å²) in [6.45, 7) is 5.38. The first-order valence-corrected chi connectivity index (χ1v) is 14.8. The third-order valence-electron chi connectivity index (χ3n) is 7.94. The SMILES string of the molecule is COc1ccccc1N1CCN(C(=O)[C@@H]2CCCN(S(=O)(=O)c3ccc4c(c3)CCCN4C(C)=O)C2)CC1. The maximum absolute atomic E-state index is 13.6. The van der Waals surface area contributed by atoms with Crippen LogP contribution in [0.4, 0.5) is 11.4 Å². The van der Waals surface area contributed by atoms with Crippen molar-refractivity contribution in [1.82, 2.24) is 9.21 Å². The molecule has 204 valence electrons. The summed E-state index contributed by atoms with van der Waals surface area (Å²) in [7, 11) is -2.09. The van der Waals surface area contributed by atoms with Gasteiger partial charge >= 0.3 is 0 Å². The number of piperazine rings is 1. The van der Waals surface area contributed by atoms with Crippen molar-refractivity contribution < 1.29 is 22.7 Å². The number of para-hydroxylation sites is 2. The van der Waals surface area contributed by atoms with E-state index in [0.717, 1.165) is 35.5 Å². The van der Waals surface area contributed by atoms with Gasteiger partial charge in [0.15, 0.2) is 0 Å². The van der Waals surface area contributed by atoms with Crippen molar-refractivity contribution in [2.75, 3.05) is 62.7 Å². The molecule has 38 heavy (non-hydrogen) atoms. The minimum Gasteiger partial charge on any atom is -0.495 e. The van der Waals surface area contributed by atoms with Gasteiger partial charge < -0.3 is 19.4 Å². The molecular weight excluding hydrogens is 504 g/mol. The molecule has 2 aromatic carbocycles. The number of carbonyl (C=O) groups is 2. The van der Waals surface area contributed by atoms with Crippen LogP contribution in [0.2, 0.25) is 0 Å². The van der Waals surface area contributed by atoms with Crippen LogP contribution in [0.5, 0.6) is 5.75 Å². The first kappa shape index (κ1) is 26.5. The topological polar surface area (TPSA) is 90.5 Å². The van der Waals surface area contributed by atoms with E-state index in [-0.39, 0.29) is 29.2 Å². The van der Waals surface area contributed by atoms with Gasteiger partial charge in [0.1, 0.15) is 5.75 Å². The second-order valence-corrected chi connectivity index (χ2v) is 12.2. The van der Waals surface area contributed by atoms with E-state index in [1.165, 1.54) is 11.2 Å². The van der Waals surface area contributed by atoms with Crippen molar-refractivity contribution in [1.29, 1.82) is 0 Å². The third-order valence-corrected chi connectivity index (χ3v) is 9.80. The van der Waals surface area contributed by atoms with E-state index >= 15 is 0 Å². The van der Waals surface area contributed by atoms with Crippen LogP contribution in [-0.2, 0) is 26.0 Å². The predicted octanol–water partition coefficient (Wildman–Crippen LogP) is 2.74. The van der Waals surface area contributed by atoms with Crippen molar-refractivity contribution in [2.24, 2.45) is 5.92 Å². The van der Waals surface area contributed by atoms with Crippen LogP contribution in [0.15, 0.2) is 47.4 Å². The number of amides is 2. The molecule has 0 saturated carbocycles. The fraction of sp³-hybridized carbons (Fsp3) is 0.500. The van der Waals surface area contributed by atoms with Crippen molar-refractivity contribution in [2.45, 2.75) is 37.5 Å². The molecular formula is C28H36N4O5S. The van der Waals surface area contributed by atoms with Crippen molar-refractivity contribution >= 4 is 33.2 Å². The minimum absolute atomic E-state index is 0.0344. The molecule has 0 aliphatic carbocycles. The Labute approximate surface area is 225 Å². The van der Waals surface area contributed by atoms with Gasteiger partial charge in [-0.3, -0.25) is 9.59 Å². The lowest BCUT2D eigenvalue weighted by atomic mass is 9.97. The van der Waals surface area contributed by atoms with Gasteiger partial charge in [0.05, 0.1) is 23.6 Å². The van der Waals surface area contributed by atoms with Crippen LogP contribution in [0.1, 0.15) is 31.7 Å². The fourth-order valence-corrected chi connectivity index (χ4v) is 7.46. The molecule has 2 saturated heterocycles. The highest BCUT2D eigenvalue weighted by Crippen LogP contribution is 2.33. The molecule has 2 fully saturated rings. The highest BCUT2D eigenvalue weighted by molar-refractivity contribution is 7.89. The Morgan fingerprint density at radius 3 is 2.42 bits per heavy atom. The molecule has 9 nitrogen and oxygen atoms in total. The number of piperidine rings is 1. The normalized spacial score (nSPS) is 20.7. The second kappa shape index (κ2) is 10.9. The number of aryl methyl sites for hydroxylation is 1. The highest BCUT2D eigenvalue weighted by atomic mass is 32.2. The van der Waals surface area contributed by atoms with Gasteiger partial charge in [-0.15, -0.1) is 0 Å². The highest BCUT2D eigenvalue weighted by Gasteiger charge is 2.36. The van der Waals surface area contributed by atoms with Crippen LogP contribution >= 0.6 is 0 Å². The number of benzene rings is 2. The predicted molar refractivity (Wildman–Crippen MR) is 146 cm³/mol. The smallest absolute Gasteiger partial charge is 0.243 e. The zero-order valence-corrected chi connectivity index (χ0v) is 23.0. The van der Waals surface area contributed by atoms with Crippen LogP contribution in [0.3, 0.4) is 0 Å². The first-order chi connectivity index (χ1) is 18.3. The molecule has 0 aromatic heterocycles. The zero-order valence-electron chi connectivity index (χ0n) is 22.1. The molecule has 0 radical (unpaired) electrons. The van der Waals surface area contributed by atoms with Crippen LogP contribution < -0.4 is 14.5 Å². The summed E-state index contributed by atoms with van der Waals surface area (Å²) in [4.78, 5) is 31.5. The van der Waals surface area contributed by atoms with E-state index in [1.807, 2.05) is 29.2 Å². The Bertz CT molecular complexity index is 1310. The lowest BCUT2D eigenvalue weighted by Crippen LogP contribution is -2.53. The summed E-state index contributed by atoms with van der Waals surface area (Å²) in [5, 5.41) is 0. The van der Waals surface area contributed by atoms with Crippen molar-refractivity contribution in [3.05, 3.63) is 48.0 Å². The number of anilines is 2. The molecule has 1 atom stereocenters. The molecule has 3 heterocycles. The molecule has 2 aromatic rings. The second-order valence-electron chi connectivity index (χ2n) is 10.3. The summed E-state index contributed by atoms with van der Waals surface area (Å²) in [5.74, 6) is 0.466. The van der Waals surface area contributed by atoms with E-state index in [0.29, 0.717) is 52.1 Å². The van der Waals surface area contributed by atoms with E-state index in [1.54, 1.807) is 30.2 Å². The zero-order chi connectivity index (χ0) is 26.9. The van der Waals surface area contributed by atoms with Crippen molar-refractivity contribution in [3.8, 4) is 5.75 Å². The number of ether oxygens (including phenoxy) is 1. The summed E-state index contributed by atoms with van der Waals surface area (Å²) >= 11 is 0. The van der Waals surface area contributed by atoms with E-state index in [9.17, 15) is 18.0 Å². The molecule has 5 rings (SSSR count). The summed E-state index contributed by atoms with van der Waals surface area (Å²) < 4.78 is 34.2. The van der Waals surface area contributed by atoms with Gasteiger partial charge in [0, 0.05) is 58.4 Å². The van der Waals surface area contributed by atoms with Gasteiger partial charge in [-0.2, -0.15) is 4.31 Å². The minimum atomic E-state index is -3.75. The Morgan fingerprint density at radius 2 is 1.68 bits per heavy atom. The molecule has 3 aliphatic rings. The summed E-state index contributed by atoms with van der Waals surface area (Å²) in [6, 6.07) is 12.9. The maximum atomic E-state index is 13.6. The molecule has 0 N–H and O–H groups in total. The largest absolute Gasteiger partial charge is 0.495 e. The number of sulfonamides is 1. The number of methoxy groups -OCH3 is 1. The summed E-state index contributed by atoms with van der Waals surface area (Å²) in [5.41, 5.74) is 2.69. The van der Waals surface area contributed by atoms with E-state index in [2.05, 4.69) is 4.90 Å². The molecule has 10 heteroatoms. The maximum Gasteiger partial charge on any atom is 0.243 e. The molecule has 0 spiro atoms. The number of rotatable bonds is 5. The molecule has 0 unspecified atom stereocenters. The average molecular weight is 541 g/mol. The molecule has 0 bridgehead atoms. The Balaban J connectivity index is 1.25. The monoisotopic (exact) mass is 540 g/mol. The Morgan fingerprint density at radius 1 is 0.921 bits per heavy atom. The van der Waals surface area contributed by atoms with Crippen LogP contribution in [0, 0.1) is 5.92 Å². The Kier molecular flexibility index (Phi) is 7.63. The lowest BCUT2D eigenvalue weighted by Gasteiger charge is -2.39. The van der Waals surface area contributed by atoms with Gasteiger partial charge in [-0.1, -0.05) is 12.1 Å². The average Bonchev–Trinajstić information content (AvgIpc) is 2.96. The Hall–Kier alpha value is -3.11. The first-order valence-electron chi connectivity index (χ1n) is 13.4. The van der Waals surface area contributed by atoms with Gasteiger partial charge in [0.2, 0.25) is 21.8 Å². The van der Waals surface area contributed by atoms with E-state index in [4.69, 9.17) is 4.74 Å². The number of nitrogens with zero attached hydrogens (tertiary/aromatic N) is 4. The van der Waals surface area contributed by atoms with Crippen molar-refractivity contribution in [3.63, 3.8) is 0 Å².